The van der Waals surface area contributed by atoms with Gasteiger partial charge in [0.05, 0.1) is 12.2 Å². The standard InChI is InChI=1S/C16H17BrN2O/c1-3-19(10-14-6-4-5-12(2)18-14)15-8-7-13(11-20)16(17)9-15/h4-9,11H,3,10H2,1-2H3. The maximum absolute atomic E-state index is 10.9. The van der Waals surface area contributed by atoms with E-state index in [0.717, 1.165) is 40.9 Å². The quantitative estimate of drug-likeness (QED) is 0.776. The molecule has 0 aliphatic rings. The summed E-state index contributed by atoms with van der Waals surface area (Å²) in [6.45, 7) is 5.74. The van der Waals surface area contributed by atoms with Crippen LogP contribution in [0, 0.1) is 6.92 Å². The van der Waals surface area contributed by atoms with Crippen molar-refractivity contribution < 1.29 is 4.79 Å². The zero-order chi connectivity index (χ0) is 14.5. The van der Waals surface area contributed by atoms with E-state index in [-0.39, 0.29) is 0 Å². The third kappa shape index (κ3) is 3.45. The van der Waals surface area contributed by atoms with E-state index >= 15 is 0 Å². The molecule has 0 bridgehead atoms. The van der Waals surface area contributed by atoms with Gasteiger partial charge < -0.3 is 4.90 Å². The fourth-order valence-electron chi connectivity index (χ4n) is 2.08. The number of pyridine rings is 1. The van der Waals surface area contributed by atoms with Crippen molar-refractivity contribution >= 4 is 27.9 Å². The molecule has 0 amide bonds. The molecule has 0 atom stereocenters. The number of hydrogen-bond acceptors (Lipinski definition) is 3. The molecular weight excluding hydrogens is 316 g/mol. The Hall–Kier alpha value is -1.68. The van der Waals surface area contributed by atoms with E-state index in [1.807, 2.05) is 43.3 Å². The lowest BCUT2D eigenvalue weighted by molar-refractivity contribution is 0.112. The number of aromatic nitrogens is 1. The van der Waals surface area contributed by atoms with E-state index in [2.05, 4.69) is 32.7 Å². The number of carbonyl (C=O) groups excluding carboxylic acids is 1. The highest BCUT2D eigenvalue weighted by Gasteiger charge is 2.08. The van der Waals surface area contributed by atoms with E-state index in [1.54, 1.807) is 0 Å². The molecular formula is C16H17BrN2O. The Kier molecular flexibility index (Phi) is 4.90. The molecule has 1 heterocycles. The lowest BCUT2D eigenvalue weighted by Gasteiger charge is -2.23. The van der Waals surface area contributed by atoms with Crippen LogP contribution in [0.5, 0.6) is 0 Å². The topological polar surface area (TPSA) is 33.2 Å². The van der Waals surface area contributed by atoms with Gasteiger partial charge in [0.1, 0.15) is 0 Å². The average Bonchev–Trinajstić information content (AvgIpc) is 2.44. The van der Waals surface area contributed by atoms with Crippen molar-refractivity contribution in [1.82, 2.24) is 4.98 Å². The zero-order valence-corrected chi connectivity index (χ0v) is 13.2. The summed E-state index contributed by atoms with van der Waals surface area (Å²) in [5, 5.41) is 0. The first-order chi connectivity index (χ1) is 9.63. The largest absolute Gasteiger partial charge is 0.366 e. The van der Waals surface area contributed by atoms with Crippen molar-refractivity contribution in [2.75, 3.05) is 11.4 Å². The van der Waals surface area contributed by atoms with Crippen LogP contribution in [0.4, 0.5) is 5.69 Å². The summed E-state index contributed by atoms with van der Waals surface area (Å²) in [7, 11) is 0. The minimum absolute atomic E-state index is 0.665. The smallest absolute Gasteiger partial charge is 0.151 e. The molecule has 0 saturated carbocycles. The second-order valence-electron chi connectivity index (χ2n) is 4.61. The summed E-state index contributed by atoms with van der Waals surface area (Å²) >= 11 is 3.43. The Labute approximate surface area is 127 Å². The summed E-state index contributed by atoms with van der Waals surface area (Å²) in [4.78, 5) is 17.6. The number of aldehydes is 1. The van der Waals surface area contributed by atoms with Gasteiger partial charge in [0.25, 0.3) is 0 Å². The maximum atomic E-state index is 10.9. The normalized spacial score (nSPS) is 10.3. The fraction of sp³-hybridized carbons (Fsp3) is 0.250. The van der Waals surface area contributed by atoms with Crippen molar-refractivity contribution in [3.8, 4) is 0 Å². The Morgan fingerprint density at radius 3 is 2.70 bits per heavy atom. The summed E-state index contributed by atoms with van der Waals surface area (Å²) in [5.74, 6) is 0. The Morgan fingerprint density at radius 2 is 2.10 bits per heavy atom. The molecule has 0 saturated heterocycles. The van der Waals surface area contributed by atoms with Gasteiger partial charge in [-0.3, -0.25) is 9.78 Å². The molecule has 3 nitrogen and oxygen atoms in total. The molecule has 4 heteroatoms. The molecule has 0 N–H and O–H groups in total. The van der Waals surface area contributed by atoms with Crippen LogP contribution in [0.1, 0.15) is 28.7 Å². The molecule has 0 spiro atoms. The number of halogens is 1. The number of benzene rings is 1. The predicted molar refractivity (Wildman–Crippen MR) is 85.2 cm³/mol. The van der Waals surface area contributed by atoms with E-state index in [1.165, 1.54) is 0 Å². The van der Waals surface area contributed by atoms with Gasteiger partial charge >= 0.3 is 0 Å². The Morgan fingerprint density at radius 1 is 1.30 bits per heavy atom. The number of rotatable bonds is 5. The van der Waals surface area contributed by atoms with Gasteiger partial charge in [-0.25, -0.2) is 0 Å². The monoisotopic (exact) mass is 332 g/mol. The van der Waals surface area contributed by atoms with Crippen LogP contribution in [0.2, 0.25) is 0 Å². The Balaban J connectivity index is 2.24. The van der Waals surface area contributed by atoms with Crippen molar-refractivity contribution in [2.24, 2.45) is 0 Å². The van der Waals surface area contributed by atoms with Crippen LogP contribution in [0.25, 0.3) is 0 Å². The highest BCUT2D eigenvalue weighted by atomic mass is 79.9. The minimum Gasteiger partial charge on any atom is -0.366 e. The number of nitrogens with zero attached hydrogens (tertiary/aromatic N) is 2. The number of carbonyl (C=O) groups is 1. The molecule has 1 aromatic heterocycles. The van der Waals surface area contributed by atoms with Crippen LogP contribution in [0.3, 0.4) is 0 Å². The second kappa shape index (κ2) is 6.66. The second-order valence-corrected chi connectivity index (χ2v) is 5.46. The first-order valence-corrected chi connectivity index (χ1v) is 7.35. The van der Waals surface area contributed by atoms with E-state index < -0.39 is 0 Å². The van der Waals surface area contributed by atoms with Gasteiger partial charge in [-0.05, 0) is 60.1 Å². The van der Waals surface area contributed by atoms with E-state index in [9.17, 15) is 4.79 Å². The van der Waals surface area contributed by atoms with Crippen molar-refractivity contribution in [1.29, 1.82) is 0 Å². The van der Waals surface area contributed by atoms with Gasteiger partial charge in [-0.1, -0.05) is 6.07 Å². The Bertz CT molecular complexity index is 613. The first-order valence-electron chi connectivity index (χ1n) is 6.56. The van der Waals surface area contributed by atoms with Crippen LogP contribution in [0.15, 0.2) is 40.9 Å². The van der Waals surface area contributed by atoms with E-state index in [4.69, 9.17) is 0 Å². The molecule has 20 heavy (non-hydrogen) atoms. The van der Waals surface area contributed by atoms with Crippen molar-refractivity contribution in [2.45, 2.75) is 20.4 Å². The fourth-order valence-corrected chi connectivity index (χ4v) is 2.54. The molecule has 0 radical (unpaired) electrons. The predicted octanol–water partition coefficient (Wildman–Crippen LogP) is 3.99. The van der Waals surface area contributed by atoms with Crippen LogP contribution in [-0.4, -0.2) is 17.8 Å². The number of anilines is 1. The van der Waals surface area contributed by atoms with Crippen molar-refractivity contribution in [3.63, 3.8) is 0 Å². The first kappa shape index (κ1) is 14.7. The SMILES string of the molecule is CCN(Cc1cccc(C)n1)c1ccc(C=O)c(Br)c1. The summed E-state index contributed by atoms with van der Waals surface area (Å²) in [5.41, 5.74) is 3.81. The van der Waals surface area contributed by atoms with Crippen LogP contribution >= 0.6 is 15.9 Å². The van der Waals surface area contributed by atoms with Crippen LogP contribution < -0.4 is 4.90 Å². The number of hydrogen-bond donors (Lipinski definition) is 0. The molecule has 2 aromatic rings. The third-order valence-electron chi connectivity index (χ3n) is 3.16. The minimum atomic E-state index is 0.665. The molecule has 0 aliphatic carbocycles. The number of aryl methyl sites for hydroxylation is 1. The molecule has 0 aliphatic heterocycles. The van der Waals surface area contributed by atoms with Gasteiger partial charge in [0.2, 0.25) is 0 Å². The highest BCUT2D eigenvalue weighted by Crippen LogP contribution is 2.24. The summed E-state index contributed by atoms with van der Waals surface area (Å²) in [6, 6.07) is 11.8. The van der Waals surface area contributed by atoms with Gasteiger partial charge in [0.15, 0.2) is 6.29 Å². The molecule has 0 unspecified atom stereocenters. The van der Waals surface area contributed by atoms with Gasteiger partial charge in [-0.15, -0.1) is 0 Å². The van der Waals surface area contributed by atoms with Crippen molar-refractivity contribution in [3.05, 3.63) is 57.8 Å². The molecule has 2 rings (SSSR count). The summed E-state index contributed by atoms with van der Waals surface area (Å²) < 4.78 is 0.820. The van der Waals surface area contributed by atoms with Crippen LogP contribution in [-0.2, 0) is 6.54 Å². The van der Waals surface area contributed by atoms with Gasteiger partial charge in [0, 0.05) is 28.0 Å². The molecule has 104 valence electrons. The maximum Gasteiger partial charge on any atom is 0.151 e. The molecule has 1 aromatic carbocycles. The third-order valence-corrected chi connectivity index (χ3v) is 3.84. The average molecular weight is 333 g/mol. The van der Waals surface area contributed by atoms with E-state index in [0.29, 0.717) is 5.56 Å². The lowest BCUT2D eigenvalue weighted by atomic mass is 10.2. The lowest BCUT2D eigenvalue weighted by Crippen LogP contribution is -2.22. The molecule has 0 fully saturated rings. The van der Waals surface area contributed by atoms with Gasteiger partial charge in [-0.2, -0.15) is 0 Å². The zero-order valence-electron chi connectivity index (χ0n) is 11.6. The highest BCUT2D eigenvalue weighted by molar-refractivity contribution is 9.10. The summed E-state index contributed by atoms with van der Waals surface area (Å²) in [6.07, 6.45) is 0.853.